The van der Waals surface area contributed by atoms with E-state index in [9.17, 15) is 18.0 Å². The van der Waals surface area contributed by atoms with Crippen molar-refractivity contribution in [3.05, 3.63) is 110 Å². The molecular formula is C27H17BrClNO5S2. The quantitative estimate of drug-likeness (QED) is 0.168. The maximum absolute atomic E-state index is 13.0. The van der Waals surface area contributed by atoms with Crippen molar-refractivity contribution in [1.29, 1.82) is 0 Å². The summed E-state index contributed by atoms with van der Waals surface area (Å²) in [6.45, 7) is 0.172. The number of rotatable bonds is 6. The SMILES string of the molecule is O=C1S/C(=C\c2ccc(OS(=O)(=O)c3ccc(Cl)cc3)c(Br)c2)C(=O)N1Cc1ccc2ccccc2c1. The Hall–Kier alpha value is -3.11. The highest BCUT2D eigenvalue weighted by atomic mass is 79.9. The van der Waals surface area contributed by atoms with Gasteiger partial charge in [-0.25, -0.2) is 0 Å². The lowest BCUT2D eigenvalue weighted by Crippen LogP contribution is -2.27. The van der Waals surface area contributed by atoms with Gasteiger partial charge in [-0.2, -0.15) is 8.42 Å². The average molecular weight is 615 g/mol. The smallest absolute Gasteiger partial charge is 0.339 e. The lowest BCUT2D eigenvalue weighted by molar-refractivity contribution is -0.123. The zero-order valence-corrected chi connectivity index (χ0v) is 22.9. The summed E-state index contributed by atoms with van der Waals surface area (Å²) in [5, 5.41) is 2.18. The molecule has 0 aromatic heterocycles. The van der Waals surface area contributed by atoms with Gasteiger partial charge in [-0.3, -0.25) is 14.5 Å². The molecular weight excluding hydrogens is 598 g/mol. The number of thioether (sulfide) groups is 1. The Bertz CT molecular complexity index is 1690. The minimum atomic E-state index is -4.07. The lowest BCUT2D eigenvalue weighted by Gasteiger charge is -2.13. The van der Waals surface area contributed by atoms with E-state index in [2.05, 4.69) is 15.9 Å². The van der Waals surface area contributed by atoms with Crippen LogP contribution in [0.15, 0.2) is 99.2 Å². The van der Waals surface area contributed by atoms with Crippen molar-refractivity contribution in [2.45, 2.75) is 11.4 Å². The Balaban J connectivity index is 1.32. The molecule has 2 amide bonds. The highest BCUT2D eigenvalue weighted by molar-refractivity contribution is 9.10. The van der Waals surface area contributed by atoms with Crippen LogP contribution in [0.1, 0.15) is 11.1 Å². The zero-order valence-electron chi connectivity index (χ0n) is 18.9. The molecule has 6 nitrogen and oxygen atoms in total. The molecule has 4 aromatic carbocycles. The molecule has 0 saturated carbocycles. The maximum Gasteiger partial charge on any atom is 0.339 e. The van der Waals surface area contributed by atoms with Crippen LogP contribution >= 0.6 is 39.3 Å². The first-order chi connectivity index (χ1) is 17.7. The van der Waals surface area contributed by atoms with Gasteiger partial charge in [0.1, 0.15) is 4.90 Å². The molecule has 1 saturated heterocycles. The number of benzene rings is 4. The molecule has 1 aliphatic rings. The summed E-state index contributed by atoms with van der Waals surface area (Å²) in [7, 11) is -4.07. The van der Waals surface area contributed by atoms with Crippen molar-refractivity contribution < 1.29 is 22.2 Å². The third-order valence-corrected chi connectivity index (χ3v) is 8.61. The monoisotopic (exact) mass is 613 g/mol. The van der Waals surface area contributed by atoms with Gasteiger partial charge in [0.25, 0.3) is 11.1 Å². The first-order valence-electron chi connectivity index (χ1n) is 10.9. The molecule has 0 aliphatic carbocycles. The van der Waals surface area contributed by atoms with Crippen LogP contribution in [0, 0.1) is 0 Å². The summed E-state index contributed by atoms with van der Waals surface area (Å²) in [4.78, 5) is 27.1. The highest BCUT2D eigenvalue weighted by Gasteiger charge is 2.35. The predicted molar refractivity (Wildman–Crippen MR) is 149 cm³/mol. The van der Waals surface area contributed by atoms with Crippen LogP contribution in [0.5, 0.6) is 5.75 Å². The fraction of sp³-hybridized carbons (Fsp3) is 0.0370. The molecule has 37 heavy (non-hydrogen) atoms. The molecule has 1 fully saturated rings. The van der Waals surface area contributed by atoms with Crippen molar-refractivity contribution in [2.24, 2.45) is 0 Å². The van der Waals surface area contributed by atoms with E-state index in [1.54, 1.807) is 18.2 Å². The third-order valence-electron chi connectivity index (χ3n) is 5.58. The number of hydrogen-bond donors (Lipinski definition) is 0. The summed E-state index contributed by atoms with van der Waals surface area (Å²) in [6, 6.07) is 24.1. The van der Waals surface area contributed by atoms with Crippen LogP contribution in [0.3, 0.4) is 0 Å². The number of halogens is 2. The molecule has 10 heteroatoms. The van der Waals surface area contributed by atoms with Gasteiger partial charge in [0.05, 0.1) is 15.9 Å². The maximum atomic E-state index is 13.0. The average Bonchev–Trinajstić information content (AvgIpc) is 3.13. The Labute approximate surface area is 231 Å². The molecule has 186 valence electrons. The van der Waals surface area contributed by atoms with Crippen molar-refractivity contribution in [3.63, 3.8) is 0 Å². The normalized spacial score (nSPS) is 15.1. The fourth-order valence-electron chi connectivity index (χ4n) is 3.75. The molecule has 1 aliphatic heterocycles. The van der Waals surface area contributed by atoms with E-state index in [0.717, 1.165) is 28.1 Å². The zero-order chi connectivity index (χ0) is 26.2. The van der Waals surface area contributed by atoms with Crippen LogP contribution in [0.25, 0.3) is 16.8 Å². The van der Waals surface area contributed by atoms with Crippen LogP contribution in [0.4, 0.5) is 4.79 Å². The molecule has 0 radical (unpaired) electrons. The first-order valence-corrected chi connectivity index (χ1v) is 14.3. The van der Waals surface area contributed by atoms with Gasteiger partial charge in [-0.05, 0) is 98.1 Å². The largest absolute Gasteiger partial charge is 0.378 e. The summed E-state index contributed by atoms with van der Waals surface area (Å²) in [5.41, 5.74) is 1.45. The number of imide groups is 1. The molecule has 0 unspecified atom stereocenters. The standard InChI is InChI=1S/C27H17BrClNO5S2/c28-23-14-17(6-12-24(23)35-37(33,34)22-10-8-21(29)9-11-22)15-25-26(31)30(27(32)36-25)16-18-5-7-19-3-1-2-4-20(19)13-18/h1-15H,16H2/b25-15-. The van der Waals surface area contributed by atoms with Crippen molar-refractivity contribution in [1.82, 2.24) is 4.90 Å². The Morgan fingerprint density at radius 1 is 0.919 bits per heavy atom. The van der Waals surface area contributed by atoms with E-state index in [-0.39, 0.29) is 33.2 Å². The van der Waals surface area contributed by atoms with E-state index in [1.807, 2.05) is 42.5 Å². The first kappa shape index (κ1) is 25.5. The van der Waals surface area contributed by atoms with Crippen LogP contribution < -0.4 is 4.18 Å². The number of nitrogens with zero attached hydrogens (tertiary/aromatic N) is 1. The Morgan fingerprint density at radius 3 is 2.38 bits per heavy atom. The van der Waals surface area contributed by atoms with Crippen molar-refractivity contribution >= 4 is 77.4 Å². The summed E-state index contributed by atoms with van der Waals surface area (Å²) in [6.07, 6.45) is 1.59. The molecule has 0 bridgehead atoms. The minimum Gasteiger partial charge on any atom is -0.378 e. The number of carbonyl (C=O) groups is 2. The molecule has 0 spiro atoms. The van der Waals surface area contributed by atoms with Gasteiger partial charge in [0.2, 0.25) is 0 Å². The van der Waals surface area contributed by atoms with Gasteiger partial charge in [-0.1, -0.05) is 54.1 Å². The van der Waals surface area contributed by atoms with E-state index in [4.69, 9.17) is 15.8 Å². The number of fused-ring (bicyclic) bond motifs is 1. The van der Waals surface area contributed by atoms with Gasteiger partial charge in [-0.15, -0.1) is 0 Å². The van der Waals surface area contributed by atoms with E-state index < -0.39 is 10.1 Å². The summed E-state index contributed by atoms with van der Waals surface area (Å²) < 4.78 is 30.8. The highest BCUT2D eigenvalue weighted by Crippen LogP contribution is 2.35. The molecule has 4 aromatic rings. The van der Waals surface area contributed by atoms with Gasteiger partial charge < -0.3 is 4.18 Å². The lowest BCUT2D eigenvalue weighted by atomic mass is 10.1. The van der Waals surface area contributed by atoms with Crippen molar-refractivity contribution in [3.8, 4) is 5.75 Å². The second kappa shape index (κ2) is 10.3. The van der Waals surface area contributed by atoms with Gasteiger partial charge in [0.15, 0.2) is 5.75 Å². The van der Waals surface area contributed by atoms with Crippen LogP contribution in [-0.2, 0) is 21.5 Å². The van der Waals surface area contributed by atoms with Crippen molar-refractivity contribution in [2.75, 3.05) is 0 Å². The van der Waals surface area contributed by atoms with E-state index >= 15 is 0 Å². The van der Waals surface area contributed by atoms with Gasteiger partial charge in [0, 0.05) is 5.02 Å². The summed E-state index contributed by atoms with van der Waals surface area (Å²) in [5.74, 6) is -0.304. The predicted octanol–water partition coefficient (Wildman–Crippen LogP) is 7.26. The second-order valence-electron chi connectivity index (χ2n) is 8.13. The van der Waals surface area contributed by atoms with E-state index in [1.165, 1.54) is 35.2 Å². The molecule has 5 rings (SSSR count). The van der Waals surface area contributed by atoms with Crippen LogP contribution in [-0.4, -0.2) is 24.5 Å². The van der Waals surface area contributed by atoms with Gasteiger partial charge >= 0.3 is 10.1 Å². The third kappa shape index (κ3) is 5.60. The van der Waals surface area contributed by atoms with Crippen LogP contribution in [0.2, 0.25) is 5.02 Å². The number of carbonyl (C=O) groups excluding carboxylic acids is 2. The molecule has 0 N–H and O–H groups in total. The number of hydrogen-bond acceptors (Lipinski definition) is 6. The Kier molecular flexibility index (Phi) is 7.13. The minimum absolute atomic E-state index is 0.0343. The summed E-state index contributed by atoms with van der Waals surface area (Å²) >= 11 is 10.0. The number of amides is 2. The molecule has 0 atom stereocenters. The van der Waals surface area contributed by atoms with E-state index in [0.29, 0.717) is 15.1 Å². The second-order valence-corrected chi connectivity index (χ2v) is 12.0. The molecule has 1 heterocycles. The Morgan fingerprint density at radius 2 is 1.65 bits per heavy atom. The fourth-order valence-corrected chi connectivity index (χ4v) is 6.25. The topological polar surface area (TPSA) is 80.8 Å².